The van der Waals surface area contributed by atoms with E-state index >= 15 is 0 Å². The number of amides is 1. The molecule has 0 aliphatic heterocycles. The smallest absolute Gasteiger partial charge is 0.282 e. The van der Waals surface area contributed by atoms with E-state index in [4.69, 9.17) is 5.11 Å². The molecule has 1 aromatic rings. The van der Waals surface area contributed by atoms with E-state index in [1.807, 2.05) is 6.08 Å². The third-order valence-corrected chi connectivity index (χ3v) is 3.32. The molecule has 0 unspecified atom stereocenters. The molecule has 2 atom stereocenters. The highest BCUT2D eigenvalue weighted by molar-refractivity contribution is 5.98. The van der Waals surface area contributed by atoms with Gasteiger partial charge >= 0.3 is 0 Å². The summed E-state index contributed by atoms with van der Waals surface area (Å²) in [4.78, 5) is 22.6. The second kappa shape index (κ2) is 5.83. The quantitative estimate of drug-likeness (QED) is 0.496. The summed E-state index contributed by atoms with van der Waals surface area (Å²) in [5.41, 5.74) is 0.653. The van der Waals surface area contributed by atoms with Crippen LogP contribution in [0.25, 0.3) is 0 Å². The van der Waals surface area contributed by atoms with Crippen LogP contribution in [0.4, 0.5) is 5.69 Å². The van der Waals surface area contributed by atoms with Crippen LogP contribution >= 0.6 is 0 Å². The van der Waals surface area contributed by atoms with Gasteiger partial charge in [0.05, 0.1) is 4.92 Å². The van der Waals surface area contributed by atoms with E-state index in [1.54, 1.807) is 19.1 Å². The van der Waals surface area contributed by atoms with Crippen LogP contribution in [-0.2, 0) is 0 Å². The van der Waals surface area contributed by atoms with E-state index in [2.05, 4.69) is 5.32 Å². The van der Waals surface area contributed by atoms with Crippen LogP contribution < -0.4 is 5.32 Å². The van der Waals surface area contributed by atoms with Crippen molar-refractivity contribution in [3.8, 4) is 0 Å². The molecule has 0 saturated carbocycles. The summed E-state index contributed by atoms with van der Waals surface area (Å²) >= 11 is 0. The topological polar surface area (TPSA) is 92.5 Å². The largest absolute Gasteiger partial charge is 0.396 e. The second-order valence-electron chi connectivity index (χ2n) is 4.92. The van der Waals surface area contributed by atoms with Gasteiger partial charge in [-0.1, -0.05) is 18.2 Å². The van der Waals surface area contributed by atoms with Crippen molar-refractivity contribution >= 4 is 11.6 Å². The zero-order valence-corrected chi connectivity index (χ0v) is 11.1. The maximum Gasteiger partial charge on any atom is 0.282 e. The van der Waals surface area contributed by atoms with Gasteiger partial charge in [-0.3, -0.25) is 14.9 Å². The van der Waals surface area contributed by atoms with Crippen molar-refractivity contribution in [3.05, 3.63) is 51.6 Å². The van der Waals surface area contributed by atoms with Gasteiger partial charge in [-0.25, -0.2) is 0 Å². The average molecular weight is 276 g/mol. The number of nitrogens with zero attached hydrogens (tertiary/aromatic N) is 1. The highest BCUT2D eigenvalue weighted by Crippen LogP contribution is 2.22. The van der Waals surface area contributed by atoms with E-state index in [1.165, 1.54) is 12.1 Å². The number of hydrogen-bond donors (Lipinski definition) is 2. The lowest BCUT2D eigenvalue weighted by Crippen LogP contribution is -2.33. The van der Waals surface area contributed by atoms with E-state index in [-0.39, 0.29) is 29.8 Å². The van der Waals surface area contributed by atoms with Gasteiger partial charge in [0.1, 0.15) is 5.56 Å². The van der Waals surface area contributed by atoms with Gasteiger partial charge in [-0.2, -0.15) is 0 Å². The number of carbonyl (C=O) groups is 1. The Balaban J connectivity index is 2.15. The lowest BCUT2D eigenvalue weighted by Gasteiger charge is -2.13. The van der Waals surface area contributed by atoms with Crippen LogP contribution in [0.3, 0.4) is 0 Å². The van der Waals surface area contributed by atoms with Crippen LogP contribution in [-0.4, -0.2) is 28.6 Å². The molecule has 2 N–H and O–H groups in total. The van der Waals surface area contributed by atoms with Gasteiger partial charge < -0.3 is 10.4 Å². The molecule has 20 heavy (non-hydrogen) atoms. The molecule has 0 spiro atoms. The predicted molar refractivity (Wildman–Crippen MR) is 73.4 cm³/mol. The zero-order valence-electron chi connectivity index (χ0n) is 11.1. The number of carbonyl (C=O) groups excluding carboxylic acids is 1. The molecule has 1 aliphatic rings. The Morgan fingerprint density at radius 1 is 1.50 bits per heavy atom. The van der Waals surface area contributed by atoms with Gasteiger partial charge in [-0.15, -0.1) is 0 Å². The fraction of sp³-hybridized carbons (Fsp3) is 0.357. The molecule has 1 amide bonds. The first-order valence-corrected chi connectivity index (χ1v) is 6.36. The average Bonchev–Trinajstić information content (AvgIpc) is 2.85. The molecule has 1 aliphatic carbocycles. The van der Waals surface area contributed by atoms with Crippen molar-refractivity contribution < 1.29 is 14.8 Å². The molecule has 106 valence electrons. The van der Waals surface area contributed by atoms with Gasteiger partial charge in [0, 0.05) is 24.6 Å². The van der Waals surface area contributed by atoms with E-state index in [9.17, 15) is 14.9 Å². The lowest BCUT2D eigenvalue weighted by atomic mass is 10.1. The summed E-state index contributed by atoms with van der Waals surface area (Å²) in [6.07, 6.45) is 4.26. The SMILES string of the molecule is Cc1ccc([N+](=O)[O-])c(C(=O)N[C@@H]2C=C[C@H](CO)C2)c1. The van der Waals surface area contributed by atoms with Crippen LogP contribution in [0.1, 0.15) is 22.3 Å². The Hall–Kier alpha value is -2.21. The van der Waals surface area contributed by atoms with Crippen molar-refractivity contribution in [1.29, 1.82) is 0 Å². The summed E-state index contributed by atoms with van der Waals surface area (Å²) in [6, 6.07) is 4.26. The van der Waals surface area contributed by atoms with E-state index in [0.29, 0.717) is 6.42 Å². The van der Waals surface area contributed by atoms with Crippen LogP contribution in [0.2, 0.25) is 0 Å². The van der Waals surface area contributed by atoms with Crippen LogP contribution in [0.15, 0.2) is 30.4 Å². The fourth-order valence-corrected chi connectivity index (χ4v) is 2.25. The third-order valence-electron chi connectivity index (χ3n) is 3.32. The number of rotatable bonds is 4. The van der Waals surface area contributed by atoms with Crippen LogP contribution in [0, 0.1) is 23.0 Å². The summed E-state index contributed by atoms with van der Waals surface area (Å²) in [5.74, 6) is -0.429. The summed E-state index contributed by atoms with van der Waals surface area (Å²) in [7, 11) is 0. The van der Waals surface area contributed by atoms with Gasteiger partial charge in [0.15, 0.2) is 0 Å². The molecular formula is C14H16N2O4. The molecule has 0 bridgehead atoms. The van der Waals surface area contributed by atoms with Crippen molar-refractivity contribution in [1.82, 2.24) is 5.32 Å². The standard InChI is InChI=1S/C14H16N2O4/c1-9-2-5-13(16(19)20)12(6-9)14(18)15-11-4-3-10(7-11)8-17/h2-6,10-11,17H,7-8H2,1H3,(H,15,18)/t10-,11+/m0/s1. The molecule has 0 aromatic heterocycles. The Bertz CT molecular complexity index is 568. The van der Waals surface area contributed by atoms with Crippen molar-refractivity contribution in [2.45, 2.75) is 19.4 Å². The summed E-state index contributed by atoms with van der Waals surface area (Å²) in [6.45, 7) is 1.81. The maximum atomic E-state index is 12.2. The first kappa shape index (κ1) is 14.2. The lowest BCUT2D eigenvalue weighted by molar-refractivity contribution is -0.385. The number of aliphatic hydroxyl groups is 1. The number of nitro groups is 1. The minimum absolute atomic E-state index is 0.0350. The van der Waals surface area contributed by atoms with Gasteiger partial charge in [0.2, 0.25) is 0 Å². The first-order chi connectivity index (χ1) is 9.51. The number of benzene rings is 1. The number of hydrogen-bond acceptors (Lipinski definition) is 4. The molecular weight excluding hydrogens is 260 g/mol. The number of aryl methyl sites for hydroxylation is 1. The Morgan fingerprint density at radius 2 is 2.25 bits per heavy atom. The highest BCUT2D eigenvalue weighted by Gasteiger charge is 2.24. The fourth-order valence-electron chi connectivity index (χ4n) is 2.25. The highest BCUT2D eigenvalue weighted by atomic mass is 16.6. The van der Waals surface area contributed by atoms with Crippen molar-refractivity contribution in [2.24, 2.45) is 5.92 Å². The Kier molecular flexibility index (Phi) is 4.14. The first-order valence-electron chi connectivity index (χ1n) is 6.36. The molecule has 2 rings (SSSR count). The minimum Gasteiger partial charge on any atom is -0.396 e. The number of aliphatic hydroxyl groups excluding tert-OH is 1. The summed E-state index contributed by atoms with van der Waals surface area (Å²) in [5, 5.41) is 22.7. The van der Waals surface area contributed by atoms with Gasteiger partial charge in [0.25, 0.3) is 11.6 Å². The zero-order chi connectivity index (χ0) is 14.7. The Morgan fingerprint density at radius 3 is 2.85 bits per heavy atom. The predicted octanol–water partition coefficient (Wildman–Crippen LogP) is 1.57. The van der Waals surface area contributed by atoms with Gasteiger partial charge in [-0.05, 0) is 25.0 Å². The molecule has 6 nitrogen and oxygen atoms in total. The summed E-state index contributed by atoms with van der Waals surface area (Å²) < 4.78 is 0. The van der Waals surface area contributed by atoms with Crippen LogP contribution in [0.5, 0.6) is 0 Å². The van der Waals surface area contributed by atoms with Crippen molar-refractivity contribution in [2.75, 3.05) is 6.61 Å². The number of nitrogens with one attached hydrogen (secondary N) is 1. The monoisotopic (exact) mass is 276 g/mol. The van der Waals surface area contributed by atoms with E-state index < -0.39 is 10.8 Å². The molecule has 6 heteroatoms. The normalized spacial score (nSPS) is 20.9. The maximum absolute atomic E-state index is 12.2. The molecule has 0 heterocycles. The molecule has 0 fully saturated rings. The third kappa shape index (κ3) is 3.03. The second-order valence-corrected chi connectivity index (χ2v) is 4.92. The molecule has 0 saturated heterocycles. The van der Waals surface area contributed by atoms with Crippen molar-refractivity contribution in [3.63, 3.8) is 0 Å². The minimum atomic E-state index is -0.560. The Labute approximate surface area is 116 Å². The molecule has 0 radical (unpaired) electrons. The number of nitro benzene ring substituents is 1. The van der Waals surface area contributed by atoms with E-state index in [0.717, 1.165) is 5.56 Å². The molecule has 1 aromatic carbocycles.